The van der Waals surface area contributed by atoms with Crippen molar-refractivity contribution >= 4 is 5.78 Å². The van der Waals surface area contributed by atoms with Crippen LogP contribution in [0.4, 0.5) is 0 Å². The number of carbonyl (C=O) groups is 1. The topological polar surface area (TPSA) is 26.3 Å². The highest BCUT2D eigenvalue weighted by Crippen LogP contribution is 2.60. The van der Waals surface area contributed by atoms with E-state index in [1.54, 1.807) is 0 Å². The van der Waals surface area contributed by atoms with Gasteiger partial charge in [-0.2, -0.15) is 0 Å². The van der Waals surface area contributed by atoms with Crippen molar-refractivity contribution in [1.29, 1.82) is 0 Å². The van der Waals surface area contributed by atoms with Crippen molar-refractivity contribution in [2.75, 3.05) is 6.61 Å². The fourth-order valence-corrected chi connectivity index (χ4v) is 5.98. The predicted molar refractivity (Wildman–Crippen MR) is 91.8 cm³/mol. The smallest absolute Gasteiger partial charge is 0.139 e. The Morgan fingerprint density at radius 1 is 1.30 bits per heavy atom. The molecule has 0 amide bonds. The van der Waals surface area contributed by atoms with Crippen LogP contribution in [0.2, 0.25) is 0 Å². The lowest BCUT2D eigenvalue weighted by Gasteiger charge is -2.51. The van der Waals surface area contributed by atoms with Gasteiger partial charge in [-0.05, 0) is 79.5 Å². The van der Waals surface area contributed by atoms with Crippen molar-refractivity contribution in [2.24, 2.45) is 23.2 Å². The Morgan fingerprint density at radius 3 is 2.91 bits per heavy atom. The second-order valence-electron chi connectivity index (χ2n) is 8.18. The van der Waals surface area contributed by atoms with E-state index in [-0.39, 0.29) is 5.41 Å². The van der Waals surface area contributed by atoms with E-state index >= 15 is 0 Å². The molecule has 5 atom stereocenters. The molecule has 0 radical (unpaired) electrons. The number of ether oxygens (including phenoxy) is 1. The average Bonchev–Trinajstić information content (AvgIpc) is 2.83. The summed E-state index contributed by atoms with van der Waals surface area (Å²) in [6, 6.07) is 6.71. The molecule has 1 aromatic carbocycles. The van der Waals surface area contributed by atoms with Gasteiger partial charge in [0.25, 0.3) is 0 Å². The molecule has 2 fully saturated rings. The third-order valence-corrected chi connectivity index (χ3v) is 7.07. The largest absolute Gasteiger partial charge is 0.494 e. The van der Waals surface area contributed by atoms with Gasteiger partial charge < -0.3 is 4.74 Å². The molecule has 4 rings (SSSR count). The lowest BCUT2D eigenvalue weighted by atomic mass is 9.53. The van der Waals surface area contributed by atoms with E-state index < -0.39 is 0 Å². The average molecular weight is 312 g/mol. The van der Waals surface area contributed by atoms with Crippen LogP contribution in [0.1, 0.15) is 63.5 Å². The van der Waals surface area contributed by atoms with E-state index in [0.717, 1.165) is 38.0 Å². The number of Topliss-reactive ketones (excluding diaryl/α,β-unsaturated/α-hetero) is 1. The quantitative estimate of drug-likeness (QED) is 0.787. The first kappa shape index (κ1) is 15.2. The van der Waals surface area contributed by atoms with Crippen LogP contribution in [0.25, 0.3) is 0 Å². The fourth-order valence-electron chi connectivity index (χ4n) is 5.98. The molecule has 0 spiro atoms. The number of hydrogen-bond acceptors (Lipinski definition) is 2. The third kappa shape index (κ3) is 2.17. The Labute approximate surface area is 139 Å². The van der Waals surface area contributed by atoms with Gasteiger partial charge >= 0.3 is 0 Å². The van der Waals surface area contributed by atoms with Gasteiger partial charge in [0.15, 0.2) is 0 Å². The van der Waals surface area contributed by atoms with Crippen LogP contribution in [0.5, 0.6) is 5.75 Å². The molecule has 1 aromatic rings. The van der Waals surface area contributed by atoms with Crippen molar-refractivity contribution < 1.29 is 9.53 Å². The van der Waals surface area contributed by atoms with Gasteiger partial charge in [0.1, 0.15) is 11.5 Å². The molecular weight excluding hydrogens is 284 g/mol. The molecule has 3 aliphatic carbocycles. The summed E-state index contributed by atoms with van der Waals surface area (Å²) in [5.41, 5.74) is 2.99. The number of ketones is 1. The van der Waals surface area contributed by atoms with E-state index in [1.807, 2.05) is 6.92 Å². The SMILES string of the molecule is CCOc1ccc2c(c1)CC(C)C1C2CCC2(C)C(=O)CCC12. The zero-order chi connectivity index (χ0) is 16.2. The van der Waals surface area contributed by atoms with E-state index in [4.69, 9.17) is 4.74 Å². The highest BCUT2D eigenvalue weighted by atomic mass is 16.5. The molecule has 0 aromatic heterocycles. The Hall–Kier alpha value is -1.31. The number of fused-ring (bicyclic) bond motifs is 5. The number of rotatable bonds is 2. The third-order valence-electron chi connectivity index (χ3n) is 7.07. The van der Waals surface area contributed by atoms with Gasteiger partial charge in [0.05, 0.1) is 6.61 Å². The van der Waals surface area contributed by atoms with E-state index in [0.29, 0.717) is 29.5 Å². The zero-order valence-electron chi connectivity index (χ0n) is 14.6. The summed E-state index contributed by atoms with van der Waals surface area (Å²) in [6.07, 6.45) is 5.32. The maximum absolute atomic E-state index is 12.5. The fraction of sp³-hybridized carbons (Fsp3) is 0.667. The zero-order valence-corrected chi connectivity index (χ0v) is 14.6. The van der Waals surface area contributed by atoms with Gasteiger partial charge in [-0.1, -0.05) is 19.9 Å². The summed E-state index contributed by atoms with van der Waals surface area (Å²) in [6.45, 7) is 7.42. The molecule has 0 N–H and O–H groups in total. The minimum Gasteiger partial charge on any atom is -0.494 e. The number of benzene rings is 1. The summed E-state index contributed by atoms with van der Waals surface area (Å²) < 4.78 is 5.70. The summed E-state index contributed by atoms with van der Waals surface area (Å²) in [7, 11) is 0. The van der Waals surface area contributed by atoms with Crippen molar-refractivity contribution in [3.8, 4) is 5.75 Å². The van der Waals surface area contributed by atoms with E-state index in [2.05, 4.69) is 32.0 Å². The normalized spacial score (nSPS) is 38.7. The number of carbonyl (C=O) groups excluding carboxylic acids is 1. The Morgan fingerprint density at radius 2 is 2.13 bits per heavy atom. The van der Waals surface area contributed by atoms with Crippen molar-refractivity contribution in [3.63, 3.8) is 0 Å². The number of hydrogen-bond donors (Lipinski definition) is 0. The molecule has 0 bridgehead atoms. The van der Waals surface area contributed by atoms with Crippen LogP contribution in [0.3, 0.4) is 0 Å². The van der Waals surface area contributed by atoms with Gasteiger partial charge in [-0.3, -0.25) is 4.79 Å². The van der Waals surface area contributed by atoms with Crippen molar-refractivity contribution in [1.82, 2.24) is 0 Å². The molecule has 3 aliphatic rings. The first-order valence-corrected chi connectivity index (χ1v) is 9.33. The van der Waals surface area contributed by atoms with Gasteiger partial charge in [-0.15, -0.1) is 0 Å². The molecule has 0 aliphatic heterocycles. The molecule has 5 unspecified atom stereocenters. The summed E-state index contributed by atoms with van der Waals surface area (Å²) in [4.78, 5) is 12.5. The van der Waals surface area contributed by atoms with E-state index in [9.17, 15) is 4.79 Å². The second kappa shape index (κ2) is 5.36. The highest BCUT2D eigenvalue weighted by molar-refractivity contribution is 5.87. The van der Waals surface area contributed by atoms with E-state index in [1.165, 1.54) is 17.5 Å². The molecular formula is C21H28O2. The van der Waals surface area contributed by atoms with Gasteiger partial charge in [0, 0.05) is 11.8 Å². The molecule has 2 saturated carbocycles. The maximum Gasteiger partial charge on any atom is 0.139 e. The lowest BCUT2D eigenvalue weighted by Crippen LogP contribution is -2.45. The molecule has 2 nitrogen and oxygen atoms in total. The molecule has 124 valence electrons. The summed E-state index contributed by atoms with van der Waals surface area (Å²) in [5.74, 6) is 4.14. The second-order valence-corrected chi connectivity index (χ2v) is 8.18. The van der Waals surface area contributed by atoms with Crippen LogP contribution in [0.15, 0.2) is 18.2 Å². The molecule has 2 heteroatoms. The Kier molecular flexibility index (Phi) is 3.55. The van der Waals surface area contributed by atoms with Crippen molar-refractivity contribution in [2.45, 2.75) is 58.8 Å². The minimum atomic E-state index is -0.0296. The monoisotopic (exact) mass is 312 g/mol. The van der Waals surface area contributed by atoms with Crippen LogP contribution >= 0.6 is 0 Å². The minimum absolute atomic E-state index is 0.0296. The summed E-state index contributed by atoms with van der Waals surface area (Å²) in [5, 5.41) is 0. The Bertz CT molecular complexity index is 635. The highest BCUT2D eigenvalue weighted by Gasteiger charge is 2.56. The Balaban J connectivity index is 1.71. The summed E-state index contributed by atoms with van der Waals surface area (Å²) >= 11 is 0. The first-order valence-electron chi connectivity index (χ1n) is 9.33. The van der Waals surface area contributed by atoms with Crippen LogP contribution < -0.4 is 4.74 Å². The van der Waals surface area contributed by atoms with Gasteiger partial charge in [0.2, 0.25) is 0 Å². The van der Waals surface area contributed by atoms with Crippen LogP contribution in [-0.2, 0) is 11.2 Å². The molecule has 0 saturated heterocycles. The molecule has 0 heterocycles. The molecule has 23 heavy (non-hydrogen) atoms. The van der Waals surface area contributed by atoms with Gasteiger partial charge in [-0.25, -0.2) is 0 Å². The van der Waals surface area contributed by atoms with Crippen molar-refractivity contribution in [3.05, 3.63) is 29.3 Å². The first-order chi connectivity index (χ1) is 11.0. The predicted octanol–water partition coefficient (Wildman–Crippen LogP) is 4.76. The van der Waals surface area contributed by atoms with Crippen LogP contribution in [-0.4, -0.2) is 12.4 Å². The maximum atomic E-state index is 12.5. The lowest BCUT2D eigenvalue weighted by molar-refractivity contribution is -0.129. The standard InChI is InChI=1S/C21H28O2/c1-4-23-15-5-6-16-14(12-15)11-13(2)20-17(16)9-10-21(3)18(20)7-8-19(21)22/h5-6,12-13,17-18,20H,4,7-11H2,1-3H3. The van der Waals surface area contributed by atoms with Crippen LogP contribution in [0, 0.1) is 23.2 Å².